The fraction of sp³-hybridized carbons (Fsp3) is 0.188. The van der Waals surface area contributed by atoms with Crippen molar-refractivity contribution in [2.45, 2.75) is 6.42 Å². The maximum absolute atomic E-state index is 12.0. The summed E-state index contributed by atoms with van der Waals surface area (Å²) >= 11 is 2.01. The van der Waals surface area contributed by atoms with Gasteiger partial charge in [-0.1, -0.05) is 12.1 Å². The smallest absolute Gasteiger partial charge is 0.251 e. The van der Waals surface area contributed by atoms with E-state index in [-0.39, 0.29) is 11.7 Å². The van der Waals surface area contributed by atoms with Crippen molar-refractivity contribution in [3.63, 3.8) is 0 Å². The lowest BCUT2D eigenvalue weighted by Crippen LogP contribution is -2.25. The SMILES string of the molecule is COc1ccc(CCNC(=O)c2ccc(I)c(O)c2)cc1. The van der Waals surface area contributed by atoms with Crippen molar-refractivity contribution >= 4 is 28.5 Å². The number of ether oxygens (including phenoxy) is 1. The number of rotatable bonds is 5. The van der Waals surface area contributed by atoms with Gasteiger partial charge in [-0.25, -0.2) is 0 Å². The molecular formula is C16H16INO3. The summed E-state index contributed by atoms with van der Waals surface area (Å²) in [6.45, 7) is 0.540. The van der Waals surface area contributed by atoms with Crippen LogP contribution in [0.15, 0.2) is 42.5 Å². The van der Waals surface area contributed by atoms with Gasteiger partial charge >= 0.3 is 0 Å². The van der Waals surface area contributed by atoms with Crippen LogP contribution in [0.5, 0.6) is 11.5 Å². The van der Waals surface area contributed by atoms with Crippen molar-refractivity contribution in [3.05, 3.63) is 57.2 Å². The zero-order valence-electron chi connectivity index (χ0n) is 11.6. The van der Waals surface area contributed by atoms with Crippen LogP contribution in [0.25, 0.3) is 0 Å². The summed E-state index contributed by atoms with van der Waals surface area (Å²) in [6.07, 6.45) is 0.742. The van der Waals surface area contributed by atoms with Crippen LogP contribution in [0.2, 0.25) is 0 Å². The maximum atomic E-state index is 12.0. The first kappa shape index (κ1) is 15.6. The number of carbonyl (C=O) groups is 1. The minimum absolute atomic E-state index is 0.124. The number of phenolic OH excluding ortho intramolecular Hbond substituents is 1. The van der Waals surface area contributed by atoms with Crippen molar-refractivity contribution in [2.75, 3.05) is 13.7 Å². The van der Waals surface area contributed by atoms with E-state index >= 15 is 0 Å². The minimum atomic E-state index is -0.185. The number of hydrogen-bond donors (Lipinski definition) is 2. The third-order valence-electron chi connectivity index (χ3n) is 3.07. The summed E-state index contributed by atoms with van der Waals surface area (Å²) < 4.78 is 5.82. The molecule has 0 fully saturated rings. The molecule has 110 valence electrons. The van der Waals surface area contributed by atoms with Crippen LogP contribution in [-0.2, 0) is 6.42 Å². The fourth-order valence-corrected chi connectivity index (χ4v) is 2.20. The number of benzene rings is 2. The lowest BCUT2D eigenvalue weighted by atomic mass is 10.1. The zero-order chi connectivity index (χ0) is 15.2. The van der Waals surface area contributed by atoms with Gasteiger partial charge in [-0.05, 0) is 64.9 Å². The molecule has 0 bridgehead atoms. The van der Waals surface area contributed by atoms with Crippen LogP contribution in [-0.4, -0.2) is 24.7 Å². The lowest BCUT2D eigenvalue weighted by Gasteiger charge is -2.07. The van der Waals surface area contributed by atoms with E-state index in [0.717, 1.165) is 21.3 Å². The van der Waals surface area contributed by atoms with Crippen molar-refractivity contribution in [2.24, 2.45) is 0 Å². The molecule has 2 aromatic carbocycles. The van der Waals surface area contributed by atoms with Gasteiger partial charge in [0, 0.05) is 12.1 Å². The predicted molar refractivity (Wildman–Crippen MR) is 89.9 cm³/mol. The molecule has 0 unspecified atom stereocenters. The Morgan fingerprint density at radius 3 is 2.57 bits per heavy atom. The molecule has 21 heavy (non-hydrogen) atoms. The van der Waals surface area contributed by atoms with Gasteiger partial charge in [-0.15, -0.1) is 0 Å². The Labute approximate surface area is 137 Å². The molecule has 0 atom stereocenters. The van der Waals surface area contributed by atoms with E-state index in [1.165, 1.54) is 6.07 Å². The second kappa shape index (κ2) is 7.31. The van der Waals surface area contributed by atoms with Crippen LogP contribution in [0.1, 0.15) is 15.9 Å². The quantitative estimate of drug-likeness (QED) is 0.763. The molecule has 2 aromatic rings. The third-order valence-corrected chi connectivity index (χ3v) is 3.98. The Hall–Kier alpha value is -1.76. The first-order chi connectivity index (χ1) is 10.1. The second-order valence-corrected chi connectivity index (χ2v) is 5.68. The molecule has 0 saturated heterocycles. The maximum Gasteiger partial charge on any atom is 0.251 e. The van der Waals surface area contributed by atoms with Crippen molar-refractivity contribution in [1.29, 1.82) is 0 Å². The number of nitrogens with one attached hydrogen (secondary N) is 1. The molecule has 0 aliphatic heterocycles. The van der Waals surface area contributed by atoms with E-state index in [4.69, 9.17) is 4.74 Å². The van der Waals surface area contributed by atoms with Gasteiger partial charge in [0.05, 0.1) is 10.7 Å². The molecule has 0 heterocycles. The highest BCUT2D eigenvalue weighted by Gasteiger charge is 2.07. The summed E-state index contributed by atoms with van der Waals surface area (Å²) in [7, 11) is 1.63. The van der Waals surface area contributed by atoms with Crippen molar-refractivity contribution < 1.29 is 14.6 Å². The highest BCUT2D eigenvalue weighted by molar-refractivity contribution is 14.1. The van der Waals surface area contributed by atoms with Crippen LogP contribution >= 0.6 is 22.6 Å². The van der Waals surface area contributed by atoms with Crippen LogP contribution in [0.4, 0.5) is 0 Å². The normalized spacial score (nSPS) is 10.2. The molecule has 0 radical (unpaired) electrons. The molecule has 0 aromatic heterocycles. The highest BCUT2D eigenvalue weighted by Crippen LogP contribution is 2.20. The molecular weight excluding hydrogens is 381 g/mol. The zero-order valence-corrected chi connectivity index (χ0v) is 13.8. The van der Waals surface area contributed by atoms with E-state index in [0.29, 0.717) is 12.1 Å². The number of halogens is 1. The minimum Gasteiger partial charge on any atom is -0.507 e. The van der Waals surface area contributed by atoms with E-state index in [1.807, 2.05) is 46.9 Å². The topological polar surface area (TPSA) is 58.6 Å². The molecule has 0 aliphatic carbocycles. The Morgan fingerprint density at radius 2 is 1.95 bits per heavy atom. The highest BCUT2D eigenvalue weighted by atomic mass is 127. The van der Waals surface area contributed by atoms with E-state index < -0.39 is 0 Å². The third kappa shape index (κ3) is 4.35. The number of aromatic hydroxyl groups is 1. The van der Waals surface area contributed by atoms with Crippen molar-refractivity contribution in [3.8, 4) is 11.5 Å². The van der Waals surface area contributed by atoms with Gasteiger partial charge in [0.2, 0.25) is 0 Å². The number of methoxy groups -OCH3 is 1. The Morgan fingerprint density at radius 1 is 1.24 bits per heavy atom. The largest absolute Gasteiger partial charge is 0.507 e. The average molecular weight is 397 g/mol. The molecule has 0 spiro atoms. The van der Waals surface area contributed by atoms with Gasteiger partial charge in [-0.3, -0.25) is 4.79 Å². The Bertz CT molecular complexity index is 626. The van der Waals surface area contributed by atoms with E-state index in [1.54, 1.807) is 19.2 Å². The van der Waals surface area contributed by atoms with Crippen molar-refractivity contribution in [1.82, 2.24) is 5.32 Å². The van der Waals surface area contributed by atoms with Gasteiger partial charge in [-0.2, -0.15) is 0 Å². The molecule has 4 nitrogen and oxygen atoms in total. The van der Waals surface area contributed by atoms with Crippen LogP contribution in [0.3, 0.4) is 0 Å². The summed E-state index contributed by atoms with van der Waals surface area (Å²) in [5.41, 5.74) is 1.59. The first-order valence-corrected chi connectivity index (χ1v) is 7.57. The fourth-order valence-electron chi connectivity index (χ4n) is 1.87. The number of hydrogen-bond acceptors (Lipinski definition) is 3. The number of phenols is 1. The summed E-state index contributed by atoms with van der Waals surface area (Å²) in [4.78, 5) is 12.0. The van der Waals surface area contributed by atoms with E-state index in [9.17, 15) is 9.90 Å². The first-order valence-electron chi connectivity index (χ1n) is 6.50. The Kier molecular flexibility index (Phi) is 5.44. The molecule has 2 rings (SSSR count). The molecule has 1 amide bonds. The summed E-state index contributed by atoms with van der Waals surface area (Å²) in [5, 5.41) is 12.4. The number of carbonyl (C=O) groups excluding carboxylic acids is 1. The average Bonchev–Trinajstić information content (AvgIpc) is 2.50. The van der Waals surface area contributed by atoms with E-state index in [2.05, 4.69) is 5.32 Å². The van der Waals surface area contributed by atoms with Gasteiger partial charge in [0.15, 0.2) is 0 Å². The summed E-state index contributed by atoms with van der Waals surface area (Å²) in [6, 6.07) is 12.6. The Balaban J connectivity index is 1.87. The lowest BCUT2D eigenvalue weighted by molar-refractivity contribution is 0.0953. The standard InChI is InChI=1S/C16H16INO3/c1-21-13-5-2-11(3-6-13)8-9-18-16(20)12-4-7-14(17)15(19)10-12/h2-7,10,19H,8-9H2,1H3,(H,18,20). The number of amides is 1. The second-order valence-electron chi connectivity index (χ2n) is 4.52. The molecule has 2 N–H and O–H groups in total. The van der Waals surface area contributed by atoms with Gasteiger partial charge in [0.25, 0.3) is 5.91 Å². The van der Waals surface area contributed by atoms with Gasteiger partial charge < -0.3 is 15.2 Å². The molecule has 0 aliphatic rings. The van der Waals surface area contributed by atoms with Crippen LogP contribution in [0, 0.1) is 3.57 Å². The van der Waals surface area contributed by atoms with Gasteiger partial charge in [0.1, 0.15) is 11.5 Å². The predicted octanol–water partition coefficient (Wildman–Crippen LogP) is 2.98. The molecule has 0 saturated carbocycles. The summed E-state index contributed by atoms with van der Waals surface area (Å²) in [5.74, 6) is 0.755. The molecule has 5 heteroatoms. The monoisotopic (exact) mass is 397 g/mol. The van der Waals surface area contributed by atoms with Crippen LogP contribution < -0.4 is 10.1 Å².